The second kappa shape index (κ2) is 7.38. The van der Waals surface area contributed by atoms with Crippen molar-refractivity contribution in [2.45, 2.75) is 0 Å². The fraction of sp³-hybridized carbons (Fsp3) is 0.0667. The van der Waals surface area contributed by atoms with Crippen molar-refractivity contribution >= 4 is 44.0 Å². The Bertz CT molecular complexity index is 670. The Labute approximate surface area is 139 Å². The molecule has 6 heteroatoms. The Kier molecular flexibility index (Phi) is 5.52. The average molecular weight is 412 g/mol. The number of halogens is 2. The number of hydrazone groups is 1. The summed E-state index contributed by atoms with van der Waals surface area (Å²) in [4.78, 5) is 11.9. The van der Waals surface area contributed by atoms with E-state index in [0.29, 0.717) is 5.56 Å². The van der Waals surface area contributed by atoms with Crippen LogP contribution in [0.25, 0.3) is 0 Å². The van der Waals surface area contributed by atoms with Crippen LogP contribution in [0.4, 0.5) is 0 Å². The molecule has 0 saturated heterocycles. The fourth-order valence-corrected chi connectivity index (χ4v) is 2.19. The molecule has 0 fully saturated rings. The molecule has 1 N–H and O–H groups in total. The molecule has 21 heavy (non-hydrogen) atoms. The van der Waals surface area contributed by atoms with Crippen molar-refractivity contribution in [3.05, 3.63) is 62.5 Å². The van der Waals surface area contributed by atoms with Gasteiger partial charge in [-0.25, -0.2) is 5.43 Å². The smallest absolute Gasteiger partial charge is 0.271 e. The quantitative estimate of drug-likeness (QED) is 0.610. The highest BCUT2D eigenvalue weighted by atomic mass is 79.9. The van der Waals surface area contributed by atoms with Crippen LogP contribution >= 0.6 is 31.9 Å². The van der Waals surface area contributed by atoms with Crippen LogP contribution in [0.3, 0.4) is 0 Å². The first-order chi connectivity index (χ1) is 10.1. The van der Waals surface area contributed by atoms with Gasteiger partial charge in [0.25, 0.3) is 5.91 Å². The molecule has 0 saturated carbocycles. The van der Waals surface area contributed by atoms with E-state index < -0.39 is 0 Å². The summed E-state index contributed by atoms with van der Waals surface area (Å²) in [5.41, 5.74) is 3.84. The molecule has 1 amide bonds. The predicted octanol–water partition coefficient (Wildman–Crippen LogP) is 3.98. The molecule has 2 rings (SSSR count). The molecule has 0 aromatic heterocycles. The number of nitrogens with zero attached hydrogens (tertiary/aromatic N) is 1. The molecule has 0 aliphatic rings. The summed E-state index contributed by atoms with van der Waals surface area (Å²) in [5.74, 6) is 0.455. The first-order valence-electron chi connectivity index (χ1n) is 6.02. The van der Waals surface area contributed by atoms with Gasteiger partial charge in [-0.15, -0.1) is 0 Å². The van der Waals surface area contributed by atoms with Crippen molar-refractivity contribution in [1.29, 1.82) is 0 Å². The van der Waals surface area contributed by atoms with Gasteiger partial charge in [0.1, 0.15) is 5.75 Å². The number of rotatable bonds is 4. The molecule has 0 radical (unpaired) electrons. The van der Waals surface area contributed by atoms with Crippen LogP contribution in [0.15, 0.2) is 56.5 Å². The Morgan fingerprint density at radius 1 is 1.19 bits per heavy atom. The summed E-state index contributed by atoms with van der Waals surface area (Å²) in [6, 6.07) is 12.6. The molecule has 0 atom stereocenters. The first-order valence-corrected chi connectivity index (χ1v) is 7.61. The SMILES string of the molecule is COc1ccc(Br)c(C=NNC(=O)c2ccc(Br)cc2)c1. The van der Waals surface area contributed by atoms with Crippen molar-refractivity contribution in [3.8, 4) is 5.75 Å². The fourth-order valence-electron chi connectivity index (χ4n) is 1.57. The van der Waals surface area contributed by atoms with Gasteiger partial charge in [-0.1, -0.05) is 31.9 Å². The number of methoxy groups -OCH3 is 1. The van der Waals surface area contributed by atoms with Crippen molar-refractivity contribution in [2.75, 3.05) is 7.11 Å². The van der Waals surface area contributed by atoms with E-state index in [1.165, 1.54) is 0 Å². The summed E-state index contributed by atoms with van der Waals surface area (Å²) < 4.78 is 6.93. The van der Waals surface area contributed by atoms with Crippen LogP contribution in [-0.4, -0.2) is 19.2 Å². The van der Waals surface area contributed by atoms with E-state index in [9.17, 15) is 4.79 Å². The zero-order chi connectivity index (χ0) is 15.2. The van der Waals surface area contributed by atoms with E-state index in [-0.39, 0.29) is 5.91 Å². The number of nitrogens with one attached hydrogen (secondary N) is 1. The normalized spacial score (nSPS) is 10.6. The maximum Gasteiger partial charge on any atom is 0.271 e. The molecule has 2 aromatic rings. The number of benzene rings is 2. The topological polar surface area (TPSA) is 50.7 Å². The lowest BCUT2D eigenvalue weighted by atomic mass is 10.2. The maximum atomic E-state index is 11.9. The van der Waals surface area contributed by atoms with Crippen molar-refractivity contribution in [1.82, 2.24) is 5.43 Å². The Morgan fingerprint density at radius 2 is 1.90 bits per heavy atom. The third kappa shape index (κ3) is 4.41. The minimum atomic E-state index is -0.266. The third-order valence-corrected chi connectivity index (χ3v) is 3.93. The highest BCUT2D eigenvalue weighted by molar-refractivity contribution is 9.10. The standard InChI is InChI=1S/C15H12Br2N2O2/c1-21-13-6-7-14(17)11(8-13)9-18-19-15(20)10-2-4-12(16)5-3-10/h2-9H,1H3,(H,19,20). The molecule has 4 nitrogen and oxygen atoms in total. The van der Waals surface area contributed by atoms with Crippen molar-refractivity contribution < 1.29 is 9.53 Å². The lowest BCUT2D eigenvalue weighted by Gasteiger charge is -2.03. The van der Waals surface area contributed by atoms with Gasteiger partial charge in [-0.2, -0.15) is 5.10 Å². The summed E-state index contributed by atoms with van der Waals surface area (Å²) in [6.45, 7) is 0. The molecule has 0 heterocycles. The maximum absolute atomic E-state index is 11.9. The van der Waals surface area contributed by atoms with Crippen molar-refractivity contribution in [2.24, 2.45) is 5.10 Å². The van der Waals surface area contributed by atoms with Crippen LogP contribution in [-0.2, 0) is 0 Å². The van der Waals surface area contributed by atoms with Gasteiger partial charge in [0.15, 0.2) is 0 Å². The highest BCUT2D eigenvalue weighted by Crippen LogP contribution is 2.20. The average Bonchev–Trinajstić information content (AvgIpc) is 2.49. The van der Waals surface area contributed by atoms with Crippen LogP contribution in [0.5, 0.6) is 5.75 Å². The number of carbonyl (C=O) groups is 1. The molecule has 0 spiro atoms. The number of carbonyl (C=O) groups excluding carboxylic acids is 1. The molecule has 0 unspecified atom stereocenters. The van der Waals surface area contributed by atoms with Crippen LogP contribution in [0.1, 0.15) is 15.9 Å². The van der Waals surface area contributed by atoms with Crippen LogP contribution in [0, 0.1) is 0 Å². The molecular weight excluding hydrogens is 400 g/mol. The van der Waals surface area contributed by atoms with Crippen LogP contribution in [0.2, 0.25) is 0 Å². The van der Waals surface area contributed by atoms with Gasteiger partial charge in [0.2, 0.25) is 0 Å². The van der Waals surface area contributed by atoms with E-state index >= 15 is 0 Å². The lowest BCUT2D eigenvalue weighted by molar-refractivity contribution is 0.0955. The van der Waals surface area contributed by atoms with Crippen LogP contribution < -0.4 is 10.2 Å². The second-order valence-corrected chi connectivity index (χ2v) is 5.86. The molecule has 2 aromatic carbocycles. The number of hydrogen-bond acceptors (Lipinski definition) is 3. The van der Waals surface area contributed by atoms with Gasteiger partial charge in [-0.3, -0.25) is 4.79 Å². The van der Waals surface area contributed by atoms with E-state index in [1.54, 1.807) is 37.6 Å². The summed E-state index contributed by atoms with van der Waals surface area (Å²) in [5, 5.41) is 3.95. The summed E-state index contributed by atoms with van der Waals surface area (Å²) in [7, 11) is 1.60. The van der Waals surface area contributed by atoms with E-state index in [2.05, 4.69) is 42.4 Å². The van der Waals surface area contributed by atoms with Gasteiger partial charge in [0, 0.05) is 20.1 Å². The van der Waals surface area contributed by atoms with Gasteiger partial charge in [-0.05, 0) is 42.5 Å². The van der Waals surface area contributed by atoms with Gasteiger partial charge in [0.05, 0.1) is 13.3 Å². The molecule has 0 bridgehead atoms. The first kappa shape index (κ1) is 15.7. The molecule has 108 valence electrons. The zero-order valence-corrected chi connectivity index (χ0v) is 14.3. The number of hydrogen-bond donors (Lipinski definition) is 1. The second-order valence-electron chi connectivity index (χ2n) is 4.09. The monoisotopic (exact) mass is 410 g/mol. The molecule has 0 aliphatic carbocycles. The Balaban J connectivity index is 2.05. The Morgan fingerprint density at radius 3 is 2.57 bits per heavy atom. The summed E-state index contributed by atoms with van der Waals surface area (Å²) in [6.07, 6.45) is 1.56. The lowest BCUT2D eigenvalue weighted by Crippen LogP contribution is -2.17. The molecular formula is C15H12Br2N2O2. The third-order valence-electron chi connectivity index (χ3n) is 2.68. The van der Waals surface area contributed by atoms with Crippen molar-refractivity contribution in [3.63, 3.8) is 0 Å². The van der Waals surface area contributed by atoms with Gasteiger partial charge >= 0.3 is 0 Å². The zero-order valence-electron chi connectivity index (χ0n) is 11.1. The minimum absolute atomic E-state index is 0.266. The molecule has 0 aliphatic heterocycles. The highest BCUT2D eigenvalue weighted by Gasteiger charge is 2.04. The Hall–Kier alpha value is -1.66. The van der Waals surface area contributed by atoms with E-state index in [0.717, 1.165) is 20.3 Å². The van der Waals surface area contributed by atoms with E-state index in [4.69, 9.17) is 4.74 Å². The predicted molar refractivity (Wildman–Crippen MR) is 89.9 cm³/mol. The number of amides is 1. The summed E-state index contributed by atoms with van der Waals surface area (Å²) >= 11 is 6.74. The number of ether oxygens (including phenoxy) is 1. The largest absolute Gasteiger partial charge is 0.497 e. The van der Waals surface area contributed by atoms with E-state index in [1.807, 2.05) is 18.2 Å². The minimum Gasteiger partial charge on any atom is -0.497 e. The van der Waals surface area contributed by atoms with Gasteiger partial charge < -0.3 is 4.74 Å².